The van der Waals surface area contributed by atoms with Crippen molar-refractivity contribution >= 4 is 23.4 Å². The molecule has 8 nitrogen and oxygen atoms in total. The third-order valence-electron chi connectivity index (χ3n) is 5.35. The van der Waals surface area contributed by atoms with Gasteiger partial charge in [0.25, 0.3) is 11.6 Å². The van der Waals surface area contributed by atoms with E-state index in [0.717, 1.165) is 11.4 Å². The van der Waals surface area contributed by atoms with E-state index in [0.29, 0.717) is 43.7 Å². The summed E-state index contributed by atoms with van der Waals surface area (Å²) in [5.74, 6) is 0.424. The van der Waals surface area contributed by atoms with Crippen LogP contribution in [0.4, 0.5) is 11.4 Å². The standard InChI is InChI=1S/C23H24N4O4/c1-3-18-5-4-17(15-22(18)27(29)30)14-19(16-24)23(28)26-12-10-25(11-13-26)20-6-8-21(31-2)9-7-20/h4-9,14-15H,3,10-13H2,1-2H3/b19-14+. The molecule has 0 radical (unpaired) electrons. The van der Waals surface area contributed by atoms with Crippen LogP contribution in [-0.4, -0.2) is 49.0 Å². The van der Waals surface area contributed by atoms with E-state index >= 15 is 0 Å². The Morgan fingerprint density at radius 1 is 1.19 bits per heavy atom. The highest BCUT2D eigenvalue weighted by molar-refractivity contribution is 6.01. The van der Waals surface area contributed by atoms with Crippen molar-refractivity contribution in [1.82, 2.24) is 4.90 Å². The highest BCUT2D eigenvalue weighted by Crippen LogP contribution is 2.24. The van der Waals surface area contributed by atoms with Gasteiger partial charge >= 0.3 is 0 Å². The molecule has 1 fully saturated rings. The van der Waals surface area contributed by atoms with E-state index in [-0.39, 0.29) is 17.2 Å². The minimum absolute atomic E-state index is 0.00547. The van der Waals surface area contributed by atoms with Crippen LogP contribution in [0.3, 0.4) is 0 Å². The average molecular weight is 420 g/mol. The number of methoxy groups -OCH3 is 1. The molecule has 0 atom stereocenters. The first-order valence-electron chi connectivity index (χ1n) is 10.0. The molecule has 0 aromatic heterocycles. The second kappa shape index (κ2) is 9.76. The molecule has 1 amide bonds. The molecule has 1 saturated heterocycles. The number of nitriles is 1. The Kier molecular flexibility index (Phi) is 6.88. The molecule has 1 aliphatic rings. The summed E-state index contributed by atoms with van der Waals surface area (Å²) < 4.78 is 5.18. The summed E-state index contributed by atoms with van der Waals surface area (Å²) in [5, 5.41) is 20.8. The maximum absolute atomic E-state index is 12.9. The van der Waals surface area contributed by atoms with Gasteiger partial charge in [-0.05, 0) is 42.3 Å². The van der Waals surface area contributed by atoms with Gasteiger partial charge in [-0.1, -0.05) is 19.1 Å². The topological polar surface area (TPSA) is 99.7 Å². The highest BCUT2D eigenvalue weighted by atomic mass is 16.6. The molecular formula is C23H24N4O4. The third-order valence-corrected chi connectivity index (χ3v) is 5.35. The maximum atomic E-state index is 12.9. The lowest BCUT2D eigenvalue weighted by Gasteiger charge is -2.36. The summed E-state index contributed by atoms with van der Waals surface area (Å²) >= 11 is 0. The zero-order valence-corrected chi connectivity index (χ0v) is 17.6. The zero-order valence-electron chi connectivity index (χ0n) is 17.6. The predicted molar refractivity (Wildman–Crippen MR) is 118 cm³/mol. The number of piperazine rings is 1. The molecule has 0 unspecified atom stereocenters. The smallest absolute Gasteiger partial charge is 0.273 e. The van der Waals surface area contributed by atoms with Crippen LogP contribution in [0.2, 0.25) is 0 Å². The number of anilines is 1. The highest BCUT2D eigenvalue weighted by Gasteiger charge is 2.24. The van der Waals surface area contributed by atoms with E-state index in [1.54, 1.807) is 24.1 Å². The Bertz CT molecular complexity index is 1030. The number of rotatable bonds is 6. The lowest BCUT2D eigenvalue weighted by Crippen LogP contribution is -2.49. The van der Waals surface area contributed by atoms with Crippen molar-refractivity contribution in [1.29, 1.82) is 5.26 Å². The number of ether oxygens (including phenoxy) is 1. The SMILES string of the molecule is CCc1ccc(/C=C(\C#N)C(=O)N2CCN(c3ccc(OC)cc3)CC2)cc1[N+](=O)[O-]. The van der Waals surface area contributed by atoms with Gasteiger partial charge in [-0.2, -0.15) is 5.26 Å². The Morgan fingerprint density at radius 3 is 2.42 bits per heavy atom. The second-order valence-corrected chi connectivity index (χ2v) is 7.15. The van der Waals surface area contributed by atoms with Crippen molar-refractivity contribution < 1.29 is 14.5 Å². The van der Waals surface area contributed by atoms with E-state index < -0.39 is 4.92 Å². The molecule has 8 heteroatoms. The molecular weight excluding hydrogens is 396 g/mol. The molecule has 0 bridgehead atoms. The van der Waals surface area contributed by atoms with Gasteiger partial charge in [-0.3, -0.25) is 14.9 Å². The van der Waals surface area contributed by atoms with E-state index in [9.17, 15) is 20.2 Å². The lowest BCUT2D eigenvalue weighted by molar-refractivity contribution is -0.385. The number of carbonyl (C=O) groups excluding carboxylic acids is 1. The molecule has 1 aliphatic heterocycles. The first-order chi connectivity index (χ1) is 15.0. The molecule has 0 aliphatic carbocycles. The number of amides is 1. The van der Waals surface area contributed by atoms with Crippen LogP contribution in [-0.2, 0) is 11.2 Å². The van der Waals surface area contributed by atoms with Crippen LogP contribution in [0.1, 0.15) is 18.1 Å². The molecule has 0 spiro atoms. The van der Waals surface area contributed by atoms with Crippen LogP contribution in [0.15, 0.2) is 48.0 Å². The summed E-state index contributed by atoms with van der Waals surface area (Å²) in [6, 6.07) is 14.5. The molecule has 2 aromatic carbocycles. The van der Waals surface area contributed by atoms with Crippen LogP contribution >= 0.6 is 0 Å². The van der Waals surface area contributed by atoms with E-state index in [2.05, 4.69) is 4.90 Å². The van der Waals surface area contributed by atoms with Gasteiger partial charge in [0, 0.05) is 43.5 Å². The zero-order chi connectivity index (χ0) is 22.4. The summed E-state index contributed by atoms with van der Waals surface area (Å²) in [5.41, 5.74) is 2.09. The fraction of sp³-hybridized carbons (Fsp3) is 0.304. The summed E-state index contributed by atoms with van der Waals surface area (Å²) in [6.45, 7) is 4.10. The minimum Gasteiger partial charge on any atom is -0.497 e. The Balaban J connectivity index is 1.71. The largest absolute Gasteiger partial charge is 0.497 e. The number of hydrogen-bond acceptors (Lipinski definition) is 6. The first-order valence-corrected chi connectivity index (χ1v) is 10.0. The van der Waals surface area contributed by atoms with Gasteiger partial charge < -0.3 is 14.5 Å². The van der Waals surface area contributed by atoms with Crippen molar-refractivity contribution in [3.63, 3.8) is 0 Å². The van der Waals surface area contributed by atoms with Gasteiger partial charge in [-0.25, -0.2) is 0 Å². The van der Waals surface area contributed by atoms with Crippen molar-refractivity contribution in [2.75, 3.05) is 38.2 Å². The van der Waals surface area contributed by atoms with E-state index in [4.69, 9.17) is 4.74 Å². The van der Waals surface area contributed by atoms with Gasteiger partial charge in [-0.15, -0.1) is 0 Å². The Hall–Kier alpha value is -3.86. The number of nitrogens with zero attached hydrogens (tertiary/aromatic N) is 4. The van der Waals surface area contributed by atoms with Gasteiger partial charge in [0.05, 0.1) is 12.0 Å². The number of nitro groups is 1. The van der Waals surface area contributed by atoms with Crippen LogP contribution in [0, 0.1) is 21.4 Å². The van der Waals surface area contributed by atoms with Crippen LogP contribution < -0.4 is 9.64 Å². The van der Waals surface area contributed by atoms with Crippen molar-refractivity contribution in [2.45, 2.75) is 13.3 Å². The lowest BCUT2D eigenvalue weighted by atomic mass is 10.0. The number of nitro benzene ring substituents is 1. The second-order valence-electron chi connectivity index (χ2n) is 7.15. The number of hydrogen-bond donors (Lipinski definition) is 0. The van der Waals surface area contributed by atoms with Gasteiger partial charge in [0.1, 0.15) is 17.4 Å². The molecule has 0 saturated carbocycles. The number of benzene rings is 2. The third kappa shape index (κ3) is 5.01. The molecule has 31 heavy (non-hydrogen) atoms. The van der Waals surface area contributed by atoms with Gasteiger partial charge in [0.2, 0.25) is 0 Å². The Labute approximate surface area is 181 Å². The summed E-state index contributed by atoms with van der Waals surface area (Å²) in [6.07, 6.45) is 1.95. The first kappa shape index (κ1) is 21.8. The van der Waals surface area contributed by atoms with Crippen molar-refractivity contribution in [3.05, 3.63) is 69.3 Å². The van der Waals surface area contributed by atoms with Crippen LogP contribution in [0.5, 0.6) is 5.75 Å². The minimum atomic E-state index is -0.442. The summed E-state index contributed by atoms with van der Waals surface area (Å²) in [4.78, 5) is 27.5. The molecule has 2 aromatic rings. The fourth-order valence-corrected chi connectivity index (χ4v) is 3.58. The van der Waals surface area contributed by atoms with Crippen molar-refractivity contribution in [2.24, 2.45) is 0 Å². The predicted octanol–water partition coefficient (Wildman–Crippen LogP) is 3.42. The molecule has 160 valence electrons. The quantitative estimate of drug-likeness (QED) is 0.307. The monoisotopic (exact) mass is 420 g/mol. The maximum Gasteiger partial charge on any atom is 0.273 e. The number of carbonyl (C=O) groups is 1. The molecule has 3 rings (SSSR count). The van der Waals surface area contributed by atoms with Gasteiger partial charge in [0.15, 0.2) is 0 Å². The normalized spacial score (nSPS) is 14.2. The summed E-state index contributed by atoms with van der Waals surface area (Å²) in [7, 11) is 1.62. The molecule has 1 heterocycles. The average Bonchev–Trinajstić information content (AvgIpc) is 2.82. The number of aryl methyl sites for hydroxylation is 1. The molecule has 0 N–H and O–H groups in total. The fourth-order valence-electron chi connectivity index (χ4n) is 3.58. The van der Waals surface area contributed by atoms with Crippen molar-refractivity contribution in [3.8, 4) is 11.8 Å². The van der Waals surface area contributed by atoms with E-state index in [1.165, 1.54) is 12.1 Å². The Morgan fingerprint density at radius 2 is 1.87 bits per heavy atom. The van der Waals surface area contributed by atoms with Crippen LogP contribution in [0.25, 0.3) is 6.08 Å². The van der Waals surface area contributed by atoms with E-state index in [1.807, 2.05) is 37.3 Å².